The first-order valence-electron chi connectivity index (χ1n) is 7.60. The Morgan fingerprint density at radius 2 is 2.00 bits per heavy atom. The fraction of sp³-hybridized carbons (Fsp3) is 0.562. The van der Waals surface area contributed by atoms with Crippen LogP contribution >= 0.6 is 12.4 Å². The van der Waals surface area contributed by atoms with E-state index in [-0.39, 0.29) is 24.4 Å². The normalized spacial score (nSPS) is 17.2. The Morgan fingerprint density at radius 3 is 2.57 bits per heavy atom. The SMILES string of the molecule is CCC(C(=O)NC1CCNCC1)c1cccc(C(F)(F)F)c1.Cl. The van der Waals surface area contributed by atoms with Gasteiger partial charge in [-0.3, -0.25) is 4.79 Å². The van der Waals surface area contributed by atoms with Crippen molar-refractivity contribution in [2.45, 2.75) is 44.3 Å². The van der Waals surface area contributed by atoms with E-state index in [9.17, 15) is 18.0 Å². The number of benzene rings is 1. The van der Waals surface area contributed by atoms with Gasteiger partial charge >= 0.3 is 6.18 Å². The van der Waals surface area contributed by atoms with E-state index in [1.807, 2.05) is 6.92 Å². The predicted octanol–water partition coefficient (Wildman–Crippen LogP) is 3.49. The van der Waals surface area contributed by atoms with Crippen molar-refractivity contribution >= 4 is 18.3 Å². The van der Waals surface area contributed by atoms with Crippen LogP contribution in [0, 0.1) is 0 Å². The summed E-state index contributed by atoms with van der Waals surface area (Å²) in [5, 5.41) is 6.18. The minimum absolute atomic E-state index is 0. The Kier molecular flexibility index (Phi) is 7.35. The van der Waals surface area contributed by atoms with E-state index in [1.165, 1.54) is 6.07 Å². The molecule has 1 aromatic carbocycles. The molecular weight excluding hydrogens is 329 g/mol. The van der Waals surface area contributed by atoms with Gasteiger partial charge < -0.3 is 10.6 Å². The molecule has 0 spiro atoms. The molecule has 3 nitrogen and oxygen atoms in total. The molecule has 23 heavy (non-hydrogen) atoms. The van der Waals surface area contributed by atoms with Crippen molar-refractivity contribution in [2.24, 2.45) is 0 Å². The van der Waals surface area contributed by atoms with Gasteiger partial charge in [0.05, 0.1) is 11.5 Å². The number of halogens is 4. The lowest BCUT2D eigenvalue weighted by atomic mass is 9.93. The van der Waals surface area contributed by atoms with Gasteiger partial charge in [-0.1, -0.05) is 25.1 Å². The van der Waals surface area contributed by atoms with E-state index in [2.05, 4.69) is 10.6 Å². The molecule has 0 bridgehead atoms. The first-order chi connectivity index (χ1) is 10.4. The molecule has 1 aliphatic heterocycles. The molecule has 1 heterocycles. The Labute approximate surface area is 140 Å². The summed E-state index contributed by atoms with van der Waals surface area (Å²) in [5.41, 5.74) is -0.290. The Hall–Kier alpha value is -1.27. The van der Waals surface area contributed by atoms with E-state index < -0.39 is 17.7 Å². The molecule has 0 aromatic heterocycles. The Morgan fingerprint density at radius 1 is 1.35 bits per heavy atom. The standard InChI is InChI=1S/C16H21F3N2O.ClH/c1-2-14(15(22)21-13-6-8-20-9-7-13)11-4-3-5-12(10-11)16(17,18)19;/h3-5,10,13-14,20H,2,6-9H2,1H3,(H,21,22);1H. The first-order valence-corrected chi connectivity index (χ1v) is 7.60. The van der Waals surface area contributed by atoms with Gasteiger partial charge in [0, 0.05) is 6.04 Å². The summed E-state index contributed by atoms with van der Waals surface area (Å²) < 4.78 is 38.4. The number of carbonyl (C=O) groups is 1. The zero-order valence-corrected chi connectivity index (χ0v) is 13.8. The summed E-state index contributed by atoms with van der Waals surface area (Å²) in [5.74, 6) is -0.731. The maximum Gasteiger partial charge on any atom is 0.416 e. The lowest BCUT2D eigenvalue weighted by Crippen LogP contribution is -2.44. The molecule has 1 fully saturated rings. The molecule has 130 valence electrons. The van der Waals surface area contributed by atoms with Crippen LogP contribution < -0.4 is 10.6 Å². The van der Waals surface area contributed by atoms with E-state index in [1.54, 1.807) is 6.07 Å². The number of hydrogen-bond donors (Lipinski definition) is 2. The number of alkyl halides is 3. The second kappa shape index (κ2) is 8.55. The zero-order valence-electron chi connectivity index (χ0n) is 13.0. The average Bonchev–Trinajstić information content (AvgIpc) is 2.48. The van der Waals surface area contributed by atoms with E-state index in [0.29, 0.717) is 12.0 Å². The molecule has 1 unspecified atom stereocenters. The van der Waals surface area contributed by atoms with Crippen LogP contribution in [-0.4, -0.2) is 25.0 Å². The third-order valence-corrected chi connectivity index (χ3v) is 4.03. The number of hydrogen-bond acceptors (Lipinski definition) is 2. The van der Waals surface area contributed by atoms with E-state index in [4.69, 9.17) is 0 Å². The van der Waals surface area contributed by atoms with E-state index >= 15 is 0 Å². The third kappa shape index (κ3) is 5.39. The summed E-state index contributed by atoms with van der Waals surface area (Å²) in [6, 6.07) is 5.16. The average molecular weight is 351 g/mol. The fourth-order valence-electron chi connectivity index (χ4n) is 2.77. The molecule has 2 N–H and O–H groups in total. The van der Waals surface area contributed by atoms with Crippen LogP contribution in [0.4, 0.5) is 13.2 Å². The summed E-state index contributed by atoms with van der Waals surface area (Å²) in [6.45, 7) is 3.52. The first kappa shape index (κ1) is 19.8. The lowest BCUT2D eigenvalue weighted by Gasteiger charge is -2.26. The lowest BCUT2D eigenvalue weighted by molar-refractivity contribution is -0.137. The van der Waals surface area contributed by atoms with Gasteiger partial charge in [-0.05, 0) is 44.0 Å². The minimum Gasteiger partial charge on any atom is -0.353 e. The number of piperidine rings is 1. The van der Waals surface area contributed by atoms with Gasteiger partial charge in [0.15, 0.2) is 0 Å². The van der Waals surface area contributed by atoms with Crippen molar-refractivity contribution in [1.82, 2.24) is 10.6 Å². The highest BCUT2D eigenvalue weighted by molar-refractivity contribution is 5.85. The van der Waals surface area contributed by atoms with Crippen LogP contribution in [0.5, 0.6) is 0 Å². The number of rotatable bonds is 4. The van der Waals surface area contributed by atoms with Crippen LogP contribution in [0.15, 0.2) is 24.3 Å². The number of nitrogens with one attached hydrogen (secondary N) is 2. The number of carbonyl (C=O) groups excluding carboxylic acids is 1. The van der Waals surface area contributed by atoms with Gasteiger partial charge in [-0.25, -0.2) is 0 Å². The molecule has 1 amide bonds. The summed E-state index contributed by atoms with van der Waals surface area (Å²) in [6.07, 6.45) is -2.21. The van der Waals surface area contributed by atoms with Crippen molar-refractivity contribution in [3.05, 3.63) is 35.4 Å². The van der Waals surface area contributed by atoms with Crippen molar-refractivity contribution in [1.29, 1.82) is 0 Å². The Balaban J connectivity index is 0.00000264. The Bertz CT molecular complexity index is 516. The molecule has 0 radical (unpaired) electrons. The summed E-state index contributed by atoms with van der Waals surface area (Å²) in [7, 11) is 0. The van der Waals surface area contributed by atoms with Gasteiger partial charge in [-0.15, -0.1) is 12.4 Å². The fourth-order valence-corrected chi connectivity index (χ4v) is 2.77. The second-order valence-corrected chi connectivity index (χ2v) is 5.62. The quantitative estimate of drug-likeness (QED) is 0.872. The van der Waals surface area contributed by atoms with Crippen LogP contribution in [0.25, 0.3) is 0 Å². The molecule has 0 saturated carbocycles. The highest BCUT2D eigenvalue weighted by atomic mass is 35.5. The highest BCUT2D eigenvalue weighted by Crippen LogP contribution is 2.32. The van der Waals surface area contributed by atoms with Gasteiger partial charge in [0.1, 0.15) is 0 Å². The highest BCUT2D eigenvalue weighted by Gasteiger charge is 2.31. The zero-order chi connectivity index (χ0) is 16.2. The minimum atomic E-state index is -4.39. The summed E-state index contributed by atoms with van der Waals surface area (Å²) >= 11 is 0. The molecule has 1 atom stereocenters. The van der Waals surface area contributed by atoms with Gasteiger partial charge in [-0.2, -0.15) is 13.2 Å². The maximum atomic E-state index is 12.8. The third-order valence-electron chi connectivity index (χ3n) is 4.03. The molecule has 0 aliphatic carbocycles. The topological polar surface area (TPSA) is 41.1 Å². The second-order valence-electron chi connectivity index (χ2n) is 5.62. The smallest absolute Gasteiger partial charge is 0.353 e. The van der Waals surface area contributed by atoms with Crippen molar-refractivity contribution in [3.63, 3.8) is 0 Å². The molecule has 1 saturated heterocycles. The summed E-state index contributed by atoms with van der Waals surface area (Å²) in [4.78, 5) is 12.4. The monoisotopic (exact) mass is 350 g/mol. The molecule has 1 aliphatic rings. The largest absolute Gasteiger partial charge is 0.416 e. The van der Waals surface area contributed by atoms with Gasteiger partial charge in [0.2, 0.25) is 5.91 Å². The number of amides is 1. The van der Waals surface area contributed by atoms with Crippen molar-refractivity contribution in [3.8, 4) is 0 Å². The van der Waals surface area contributed by atoms with Crippen LogP contribution in [0.1, 0.15) is 43.2 Å². The predicted molar refractivity (Wildman–Crippen MR) is 85.8 cm³/mol. The van der Waals surface area contributed by atoms with Crippen LogP contribution in [0.3, 0.4) is 0 Å². The molecular formula is C16H22ClF3N2O. The molecule has 1 aromatic rings. The maximum absolute atomic E-state index is 12.8. The van der Waals surface area contributed by atoms with E-state index in [0.717, 1.165) is 38.1 Å². The molecule has 2 rings (SSSR count). The van der Waals surface area contributed by atoms with Crippen LogP contribution in [0.2, 0.25) is 0 Å². The van der Waals surface area contributed by atoms with Crippen LogP contribution in [-0.2, 0) is 11.0 Å². The van der Waals surface area contributed by atoms with Crippen molar-refractivity contribution in [2.75, 3.05) is 13.1 Å². The van der Waals surface area contributed by atoms with Gasteiger partial charge in [0.25, 0.3) is 0 Å². The van der Waals surface area contributed by atoms with Crippen molar-refractivity contribution < 1.29 is 18.0 Å². The molecule has 7 heteroatoms.